The molecule has 140 valence electrons. The van der Waals surface area contributed by atoms with Crippen molar-refractivity contribution in [1.29, 1.82) is 0 Å². The van der Waals surface area contributed by atoms with Crippen molar-refractivity contribution >= 4 is 17.8 Å². The van der Waals surface area contributed by atoms with E-state index in [9.17, 15) is 13.2 Å². The first-order chi connectivity index (χ1) is 13.0. The van der Waals surface area contributed by atoms with Gasteiger partial charge in [0.05, 0.1) is 19.9 Å². The summed E-state index contributed by atoms with van der Waals surface area (Å²) in [6, 6.07) is 11.6. The van der Waals surface area contributed by atoms with Crippen LogP contribution in [0.1, 0.15) is 11.1 Å². The number of hydrogen-bond acceptors (Lipinski definition) is 5. The number of pyridine rings is 2. The van der Waals surface area contributed by atoms with Crippen LogP contribution in [0.5, 0.6) is 5.75 Å². The topological polar surface area (TPSA) is 38.2 Å². The Hall–Kier alpha value is -2.74. The number of benzene rings is 1. The Kier molecular flexibility index (Phi) is 5.85. The summed E-state index contributed by atoms with van der Waals surface area (Å²) in [7, 11) is 1.57. The molecule has 0 saturated carbocycles. The normalized spacial score (nSPS) is 10.7. The van der Waals surface area contributed by atoms with Crippen molar-refractivity contribution in [2.45, 2.75) is 18.5 Å². The third-order valence-electron chi connectivity index (χ3n) is 3.81. The van der Waals surface area contributed by atoms with E-state index in [0.717, 1.165) is 23.7 Å². The molecule has 4 nitrogen and oxygen atoms in total. The van der Waals surface area contributed by atoms with Gasteiger partial charge in [-0.1, -0.05) is 18.2 Å². The first-order valence-electron chi connectivity index (χ1n) is 7.99. The van der Waals surface area contributed by atoms with Gasteiger partial charge in [-0.05, 0) is 36.8 Å². The maximum Gasteiger partial charge on any atom is 0.214 e. The van der Waals surface area contributed by atoms with Crippen molar-refractivity contribution in [3.8, 4) is 5.75 Å². The summed E-state index contributed by atoms with van der Waals surface area (Å²) >= 11 is 0.925. The van der Waals surface area contributed by atoms with Gasteiger partial charge >= 0.3 is 0 Å². The summed E-state index contributed by atoms with van der Waals surface area (Å²) in [6.07, 6.45) is 0.964. The van der Waals surface area contributed by atoms with Crippen LogP contribution in [0.3, 0.4) is 0 Å². The van der Waals surface area contributed by atoms with Crippen LogP contribution in [-0.2, 0) is 6.54 Å². The quantitative estimate of drug-likeness (QED) is 0.440. The molecule has 0 unspecified atom stereocenters. The lowest BCUT2D eigenvalue weighted by atomic mass is 10.2. The highest BCUT2D eigenvalue weighted by molar-refractivity contribution is 8.00. The minimum Gasteiger partial charge on any atom is -0.497 e. The van der Waals surface area contributed by atoms with Crippen molar-refractivity contribution in [3.63, 3.8) is 0 Å². The maximum absolute atomic E-state index is 14.4. The van der Waals surface area contributed by atoms with Gasteiger partial charge in [0.2, 0.25) is 5.95 Å². The first-order valence-corrected chi connectivity index (χ1v) is 8.77. The van der Waals surface area contributed by atoms with Crippen LogP contribution in [0.2, 0.25) is 0 Å². The molecule has 0 radical (unpaired) electrons. The molecule has 0 aliphatic carbocycles. The molecule has 2 aromatic heterocycles. The van der Waals surface area contributed by atoms with E-state index in [1.165, 1.54) is 19.1 Å². The van der Waals surface area contributed by atoms with Crippen molar-refractivity contribution in [1.82, 2.24) is 9.97 Å². The fourth-order valence-electron chi connectivity index (χ4n) is 2.30. The Morgan fingerprint density at radius 2 is 1.81 bits per heavy atom. The average molecular weight is 391 g/mol. The van der Waals surface area contributed by atoms with E-state index in [4.69, 9.17) is 4.74 Å². The van der Waals surface area contributed by atoms with E-state index in [1.54, 1.807) is 29.6 Å². The van der Waals surface area contributed by atoms with E-state index in [0.29, 0.717) is 18.1 Å². The molecule has 2 heterocycles. The lowest BCUT2D eigenvalue weighted by Gasteiger charge is -2.22. The largest absolute Gasteiger partial charge is 0.497 e. The summed E-state index contributed by atoms with van der Waals surface area (Å²) < 4.78 is 48.2. The van der Waals surface area contributed by atoms with Gasteiger partial charge in [0, 0.05) is 17.5 Å². The van der Waals surface area contributed by atoms with E-state index in [1.807, 2.05) is 12.1 Å². The van der Waals surface area contributed by atoms with Crippen LogP contribution in [0.15, 0.2) is 53.7 Å². The van der Waals surface area contributed by atoms with Crippen molar-refractivity contribution < 1.29 is 17.9 Å². The first kappa shape index (κ1) is 19.0. The smallest absolute Gasteiger partial charge is 0.214 e. The van der Waals surface area contributed by atoms with Crippen LogP contribution < -0.4 is 9.04 Å². The van der Waals surface area contributed by atoms with E-state index < -0.39 is 17.6 Å². The Balaban J connectivity index is 1.93. The third-order valence-corrected chi connectivity index (χ3v) is 4.80. The van der Waals surface area contributed by atoms with Crippen LogP contribution in [0, 0.1) is 24.5 Å². The summed E-state index contributed by atoms with van der Waals surface area (Å²) in [6.45, 7) is 1.63. The molecule has 3 aromatic rings. The highest BCUT2D eigenvalue weighted by atomic mass is 32.2. The number of methoxy groups -OCH3 is 1. The van der Waals surface area contributed by atoms with Gasteiger partial charge in [-0.3, -0.25) is 4.31 Å². The van der Waals surface area contributed by atoms with Crippen LogP contribution in [0.25, 0.3) is 0 Å². The van der Waals surface area contributed by atoms with Gasteiger partial charge in [0.1, 0.15) is 17.4 Å². The predicted molar refractivity (Wildman–Crippen MR) is 98.1 cm³/mol. The molecule has 27 heavy (non-hydrogen) atoms. The van der Waals surface area contributed by atoms with Crippen LogP contribution in [0.4, 0.5) is 19.0 Å². The number of hydrogen-bond donors (Lipinski definition) is 0. The van der Waals surface area contributed by atoms with E-state index in [2.05, 4.69) is 9.97 Å². The average Bonchev–Trinajstić information content (AvgIpc) is 2.68. The fourth-order valence-corrected chi connectivity index (χ4v) is 3.25. The van der Waals surface area contributed by atoms with Crippen LogP contribution >= 0.6 is 11.9 Å². The SMILES string of the molecule is COc1ccc(CN(Sc2ncc(F)c(C)c2F)c2cccc(F)n2)cc1. The lowest BCUT2D eigenvalue weighted by molar-refractivity contribution is 0.414. The number of aromatic nitrogens is 2. The lowest BCUT2D eigenvalue weighted by Crippen LogP contribution is -2.16. The zero-order chi connectivity index (χ0) is 19.4. The number of rotatable bonds is 6. The summed E-state index contributed by atoms with van der Waals surface area (Å²) in [5, 5.41) is -0.0199. The second kappa shape index (κ2) is 8.30. The molecule has 0 amide bonds. The Morgan fingerprint density at radius 1 is 1.07 bits per heavy atom. The molecule has 0 bridgehead atoms. The molecule has 3 rings (SSSR count). The number of nitrogens with zero attached hydrogens (tertiary/aromatic N) is 3. The van der Waals surface area contributed by atoms with Gasteiger partial charge in [0.25, 0.3) is 0 Å². The minimum absolute atomic E-state index is 0.0199. The molecular formula is C19H16F3N3OS. The fraction of sp³-hybridized carbons (Fsp3) is 0.158. The standard InChI is InChI=1S/C19H16F3N3OS/c1-12-15(20)10-23-19(18(12)22)27-25(17-5-3-4-16(21)24-17)11-13-6-8-14(26-2)9-7-13/h3-10H,11H2,1-2H3. The molecular weight excluding hydrogens is 375 g/mol. The zero-order valence-corrected chi connectivity index (χ0v) is 15.4. The summed E-state index contributed by atoms with van der Waals surface area (Å²) in [4.78, 5) is 7.68. The minimum atomic E-state index is -0.754. The molecule has 0 aliphatic heterocycles. The molecule has 0 aliphatic rings. The Labute approximate surface area is 159 Å². The maximum atomic E-state index is 14.4. The second-order valence-corrected chi connectivity index (χ2v) is 6.65. The molecule has 8 heteroatoms. The van der Waals surface area contributed by atoms with E-state index in [-0.39, 0.29) is 10.6 Å². The molecule has 0 saturated heterocycles. The highest BCUT2D eigenvalue weighted by Gasteiger charge is 2.18. The summed E-state index contributed by atoms with van der Waals surface area (Å²) in [5.74, 6) is -1.14. The van der Waals surface area contributed by atoms with Crippen molar-refractivity contribution in [2.75, 3.05) is 11.4 Å². The van der Waals surface area contributed by atoms with Crippen molar-refractivity contribution in [2.24, 2.45) is 0 Å². The number of ether oxygens (including phenoxy) is 1. The zero-order valence-electron chi connectivity index (χ0n) is 14.6. The third kappa shape index (κ3) is 4.51. The Morgan fingerprint density at radius 3 is 2.48 bits per heavy atom. The molecule has 0 atom stereocenters. The number of halogens is 3. The summed E-state index contributed by atoms with van der Waals surface area (Å²) in [5.41, 5.74) is 0.748. The monoisotopic (exact) mass is 391 g/mol. The van der Waals surface area contributed by atoms with E-state index >= 15 is 0 Å². The predicted octanol–water partition coefficient (Wildman–Crippen LogP) is 4.92. The highest BCUT2D eigenvalue weighted by Crippen LogP contribution is 2.31. The van der Waals surface area contributed by atoms with Gasteiger partial charge < -0.3 is 4.74 Å². The molecule has 1 aromatic carbocycles. The second-order valence-electron chi connectivity index (χ2n) is 5.64. The van der Waals surface area contributed by atoms with Gasteiger partial charge in [-0.2, -0.15) is 4.39 Å². The van der Waals surface area contributed by atoms with Crippen molar-refractivity contribution in [3.05, 3.63) is 77.4 Å². The van der Waals surface area contributed by atoms with Gasteiger partial charge in [-0.25, -0.2) is 18.7 Å². The van der Waals surface area contributed by atoms with Gasteiger partial charge in [-0.15, -0.1) is 0 Å². The van der Waals surface area contributed by atoms with Gasteiger partial charge in [0.15, 0.2) is 10.8 Å². The molecule has 0 N–H and O–H groups in total. The molecule has 0 spiro atoms. The Bertz CT molecular complexity index is 938. The van der Waals surface area contributed by atoms with Crippen LogP contribution in [-0.4, -0.2) is 17.1 Å². The molecule has 0 fully saturated rings. The number of anilines is 1.